The molecule has 0 spiro atoms. The van der Waals surface area contributed by atoms with Crippen LogP contribution in [0.1, 0.15) is 37.7 Å². The first-order chi connectivity index (χ1) is 11.6. The molecule has 1 aromatic heterocycles. The number of amides is 1. The molecule has 1 amide bonds. The highest BCUT2D eigenvalue weighted by atomic mass is 35.5. The first-order valence-corrected chi connectivity index (χ1v) is 9.15. The van der Waals surface area contributed by atoms with Crippen molar-refractivity contribution in [1.29, 1.82) is 0 Å². The van der Waals surface area contributed by atoms with Gasteiger partial charge in [-0.2, -0.15) is 5.10 Å². The summed E-state index contributed by atoms with van der Waals surface area (Å²) in [6.45, 7) is 10.2. The number of benzene rings is 1. The number of hydrogen-bond acceptors (Lipinski definition) is 2. The lowest BCUT2D eigenvalue weighted by atomic mass is 10.0. The standard InChI is InChI=1S/C19H25Cl2N3O/c1-11(2)13(4)23(6)19(25)10-16-12(3)22-24(14(16)5)15-7-8-17(20)18(21)9-15/h7-9,11,13H,10H2,1-6H3/t13-/m0/s1. The van der Waals surface area contributed by atoms with Crippen LogP contribution in [0.5, 0.6) is 0 Å². The number of rotatable bonds is 5. The van der Waals surface area contributed by atoms with E-state index < -0.39 is 0 Å². The Morgan fingerprint density at radius 2 is 1.84 bits per heavy atom. The van der Waals surface area contributed by atoms with Gasteiger partial charge in [0.1, 0.15) is 0 Å². The van der Waals surface area contributed by atoms with Crippen molar-refractivity contribution in [3.05, 3.63) is 45.2 Å². The lowest BCUT2D eigenvalue weighted by Gasteiger charge is -2.28. The van der Waals surface area contributed by atoms with Gasteiger partial charge in [-0.25, -0.2) is 4.68 Å². The predicted octanol–water partition coefficient (Wildman–Crippen LogP) is 4.84. The van der Waals surface area contributed by atoms with E-state index in [1.54, 1.807) is 12.1 Å². The van der Waals surface area contributed by atoms with Gasteiger partial charge < -0.3 is 4.90 Å². The number of aromatic nitrogens is 2. The summed E-state index contributed by atoms with van der Waals surface area (Å²) in [4.78, 5) is 14.5. The summed E-state index contributed by atoms with van der Waals surface area (Å²) in [5.41, 5.74) is 3.58. The van der Waals surface area contributed by atoms with Crippen molar-refractivity contribution in [2.75, 3.05) is 7.05 Å². The summed E-state index contributed by atoms with van der Waals surface area (Å²) in [7, 11) is 1.86. The molecule has 0 fully saturated rings. The van der Waals surface area contributed by atoms with Gasteiger partial charge in [0.2, 0.25) is 5.91 Å². The summed E-state index contributed by atoms with van der Waals surface area (Å²) in [6.07, 6.45) is 0.340. The molecule has 0 aliphatic carbocycles. The van der Waals surface area contributed by atoms with Gasteiger partial charge in [-0.1, -0.05) is 37.0 Å². The maximum atomic E-state index is 12.7. The SMILES string of the molecule is Cc1nn(-c2ccc(Cl)c(Cl)c2)c(C)c1CC(=O)N(C)[C@@H](C)C(C)C. The van der Waals surface area contributed by atoms with Gasteiger partial charge in [-0.15, -0.1) is 0 Å². The highest BCUT2D eigenvalue weighted by molar-refractivity contribution is 6.42. The van der Waals surface area contributed by atoms with Crippen LogP contribution in [0.4, 0.5) is 0 Å². The van der Waals surface area contributed by atoms with Crippen molar-refractivity contribution < 1.29 is 4.79 Å². The quantitative estimate of drug-likeness (QED) is 0.742. The molecule has 4 nitrogen and oxygen atoms in total. The van der Waals surface area contributed by atoms with E-state index in [4.69, 9.17) is 23.2 Å². The fraction of sp³-hybridized carbons (Fsp3) is 0.474. The molecule has 0 radical (unpaired) electrons. The number of nitrogens with zero attached hydrogens (tertiary/aromatic N) is 3. The molecule has 6 heteroatoms. The average Bonchev–Trinajstić information content (AvgIpc) is 2.83. The summed E-state index contributed by atoms with van der Waals surface area (Å²) >= 11 is 12.1. The van der Waals surface area contributed by atoms with Crippen LogP contribution >= 0.6 is 23.2 Å². The van der Waals surface area contributed by atoms with Crippen LogP contribution in [0.15, 0.2) is 18.2 Å². The topological polar surface area (TPSA) is 38.1 Å². The zero-order valence-corrected chi connectivity index (χ0v) is 17.1. The highest BCUT2D eigenvalue weighted by Gasteiger charge is 2.22. The molecule has 1 atom stereocenters. The first kappa shape index (κ1) is 19.8. The smallest absolute Gasteiger partial charge is 0.227 e. The number of aryl methyl sites for hydroxylation is 1. The number of carbonyl (C=O) groups excluding carboxylic acids is 1. The van der Waals surface area contributed by atoms with Crippen molar-refractivity contribution in [1.82, 2.24) is 14.7 Å². The molecule has 1 heterocycles. The Bertz CT molecular complexity index is 783. The van der Waals surface area contributed by atoms with E-state index in [-0.39, 0.29) is 11.9 Å². The number of likely N-dealkylation sites (N-methyl/N-ethyl adjacent to an activating group) is 1. The fourth-order valence-corrected chi connectivity index (χ4v) is 3.04. The minimum Gasteiger partial charge on any atom is -0.343 e. The lowest BCUT2D eigenvalue weighted by Crippen LogP contribution is -2.39. The Hall–Kier alpha value is -1.52. The van der Waals surface area contributed by atoms with Gasteiger partial charge in [-0.05, 0) is 44.9 Å². The third kappa shape index (κ3) is 4.18. The van der Waals surface area contributed by atoms with Crippen molar-refractivity contribution in [3.8, 4) is 5.69 Å². The van der Waals surface area contributed by atoms with Gasteiger partial charge in [0, 0.05) is 24.3 Å². The van der Waals surface area contributed by atoms with Gasteiger partial charge in [0.25, 0.3) is 0 Å². The second-order valence-corrected chi connectivity index (χ2v) is 7.64. The zero-order valence-electron chi connectivity index (χ0n) is 15.6. The number of hydrogen-bond donors (Lipinski definition) is 0. The Morgan fingerprint density at radius 3 is 2.40 bits per heavy atom. The van der Waals surface area contributed by atoms with Crippen LogP contribution < -0.4 is 0 Å². The molecule has 0 saturated carbocycles. The van der Waals surface area contributed by atoms with Crippen LogP contribution in [0, 0.1) is 19.8 Å². The van der Waals surface area contributed by atoms with Crippen molar-refractivity contribution in [2.24, 2.45) is 5.92 Å². The fourth-order valence-electron chi connectivity index (χ4n) is 2.75. The first-order valence-electron chi connectivity index (χ1n) is 8.39. The van der Waals surface area contributed by atoms with E-state index in [1.807, 2.05) is 36.5 Å². The van der Waals surface area contributed by atoms with Crippen LogP contribution in [0.3, 0.4) is 0 Å². The lowest BCUT2D eigenvalue weighted by molar-refractivity contribution is -0.131. The molecule has 0 unspecified atom stereocenters. The Labute approximate surface area is 159 Å². The summed E-state index contributed by atoms with van der Waals surface area (Å²) < 4.78 is 1.81. The molecule has 0 saturated heterocycles. The number of carbonyl (C=O) groups is 1. The van der Waals surface area contributed by atoms with E-state index in [0.29, 0.717) is 22.4 Å². The molecule has 1 aromatic carbocycles. The van der Waals surface area contributed by atoms with Gasteiger partial charge in [0.05, 0.1) is 27.8 Å². The minimum absolute atomic E-state index is 0.0982. The Morgan fingerprint density at radius 1 is 1.20 bits per heavy atom. The molecular weight excluding hydrogens is 357 g/mol. The van der Waals surface area contributed by atoms with Crippen molar-refractivity contribution >= 4 is 29.1 Å². The Kier molecular flexibility index (Phi) is 6.17. The molecule has 0 aliphatic heterocycles. The molecule has 0 aliphatic rings. The van der Waals surface area contributed by atoms with E-state index in [2.05, 4.69) is 25.9 Å². The Balaban J connectivity index is 2.30. The van der Waals surface area contributed by atoms with Crippen LogP contribution in [0.2, 0.25) is 10.0 Å². The summed E-state index contributed by atoms with van der Waals surface area (Å²) in [6, 6.07) is 5.59. The highest BCUT2D eigenvalue weighted by Crippen LogP contribution is 2.26. The van der Waals surface area contributed by atoms with E-state index in [1.165, 1.54) is 0 Å². The van der Waals surface area contributed by atoms with Crippen LogP contribution in [-0.4, -0.2) is 33.7 Å². The second-order valence-electron chi connectivity index (χ2n) is 6.83. The van der Waals surface area contributed by atoms with E-state index in [0.717, 1.165) is 22.6 Å². The largest absolute Gasteiger partial charge is 0.343 e. The maximum absolute atomic E-state index is 12.7. The van der Waals surface area contributed by atoms with Crippen molar-refractivity contribution in [2.45, 2.75) is 47.1 Å². The van der Waals surface area contributed by atoms with Crippen LogP contribution in [0.25, 0.3) is 5.69 Å². The monoisotopic (exact) mass is 381 g/mol. The molecule has 0 bridgehead atoms. The minimum atomic E-state index is 0.0982. The number of halogens is 2. The summed E-state index contributed by atoms with van der Waals surface area (Å²) in [5.74, 6) is 0.510. The molecule has 2 rings (SSSR count). The average molecular weight is 382 g/mol. The van der Waals surface area contributed by atoms with Gasteiger partial charge in [0.15, 0.2) is 0 Å². The maximum Gasteiger partial charge on any atom is 0.227 e. The molecular formula is C19H25Cl2N3O. The van der Waals surface area contributed by atoms with Crippen LogP contribution in [-0.2, 0) is 11.2 Å². The molecule has 2 aromatic rings. The van der Waals surface area contributed by atoms with E-state index >= 15 is 0 Å². The second kappa shape index (κ2) is 7.79. The molecule has 136 valence electrons. The third-order valence-electron chi connectivity index (χ3n) is 4.89. The van der Waals surface area contributed by atoms with Gasteiger partial charge in [-0.3, -0.25) is 4.79 Å². The summed E-state index contributed by atoms with van der Waals surface area (Å²) in [5, 5.41) is 5.58. The molecule has 25 heavy (non-hydrogen) atoms. The van der Waals surface area contributed by atoms with Gasteiger partial charge >= 0.3 is 0 Å². The third-order valence-corrected chi connectivity index (χ3v) is 5.63. The van der Waals surface area contributed by atoms with Crippen molar-refractivity contribution in [3.63, 3.8) is 0 Å². The molecule has 0 N–H and O–H groups in total. The predicted molar refractivity (Wildman–Crippen MR) is 104 cm³/mol. The zero-order chi connectivity index (χ0) is 18.9. The van der Waals surface area contributed by atoms with E-state index in [9.17, 15) is 4.79 Å². The normalized spacial score (nSPS) is 12.5.